The number of rotatable bonds is 4. The van der Waals surface area contributed by atoms with Crippen LogP contribution in [0, 0.1) is 0 Å². The normalized spacial score (nSPS) is 17.8. The first-order chi connectivity index (χ1) is 9.86. The van der Waals surface area contributed by atoms with E-state index >= 15 is 0 Å². The number of aliphatic hydroxyl groups is 1. The Morgan fingerprint density at radius 2 is 2.05 bits per heavy atom. The Hall–Kier alpha value is -1.71. The standard InChI is InChI=1S/C17H19NO2/c19-11-17-16-7-6-15(10-14(16)8-9-18-17)20-12-13-4-2-1-3-5-13/h1-5,8-9,15,19H,6-7,10-12H2/t15-/m1/s1. The zero-order chi connectivity index (χ0) is 13.8. The van der Waals surface area contributed by atoms with Crippen molar-refractivity contribution in [2.45, 2.75) is 38.6 Å². The van der Waals surface area contributed by atoms with Gasteiger partial charge in [0, 0.05) is 6.20 Å². The Balaban J connectivity index is 1.64. The van der Waals surface area contributed by atoms with E-state index in [1.807, 2.05) is 24.3 Å². The summed E-state index contributed by atoms with van der Waals surface area (Å²) in [6, 6.07) is 12.3. The first-order valence-electron chi connectivity index (χ1n) is 7.09. The van der Waals surface area contributed by atoms with Gasteiger partial charge in [0.05, 0.1) is 25.0 Å². The molecule has 1 aromatic heterocycles. The molecule has 1 aromatic carbocycles. The van der Waals surface area contributed by atoms with E-state index < -0.39 is 0 Å². The van der Waals surface area contributed by atoms with Crippen molar-refractivity contribution >= 4 is 0 Å². The molecule has 1 aliphatic rings. The van der Waals surface area contributed by atoms with E-state index in [-0.39, 0.29) is 12.7 Å². The number of hydrogen-bond acceptors (Lipinski definition) is 3. The Labute approximate surface area is 119 Å². The summed E-state index contributed by atoms with van der Waals surface area (Å²) in [4.78, 5) is 4.24. The fraction of sp³-hybridized carbons (Fsp3) is 0.353. The van der Waals surface area contributed by atoms with Crippen LogP contribution in [0.25, 0.3) is 0 Å². The molecule has 1 heterocycles. The fourth-order valence-electron chi connectivity index (χ4n) is 2.80. The molecule has 0 fully saturated rings. The third kappa shape index (κ3) is 2.89. The highest BCUT2D eigenvalue weighted by Crippen LogP contribution is 2.25. The lowest BCUT2D eigenvalue weighted by Crippen LogP contribution is -2.23. The van der Waals surface area contributed by atoms with Crippen molar-refractivity contribution < 1.29 is 9.84 Å². The van der Waals surface area contributed by atoms with Crippen molar-refractivity contribution in [2.75, 3.05) is 0 Å². The minimum atomic E-state index is 0.0265. The largest absolute Gasteiger partial charge is 0.390 e. The molecule has 0 radical (unpaired) electrons. The maximum absolute atomic E-state index is 9.32. The van der Waals surface area contributed by atoms with Crippen LogP contribution in [0.3, 0.4) is 0 Å². The second-order valence-corrected chi connectivity index (χ2v) is 5.21. The second-order valence-electron chi connectivity index (χ2n) is 5.21. The van der Waals surface area contributed by atoms with Gasteiger partial charge in [-0.3, -0.25) is 4.98 Å². The first-order valence-corrected chi connectivity index (χ1v) is 7.09. The van der Waals surface area contributed by atoms with E-state index in [2.05, 4.69) is 17.1 Å². The number of nitrogens with zero attached hydrogens (tertiary/aromatic N) is 1. The lowest BCUT2D eigenvalue weighted by Gasteiger charge is -2.26. The van der Waals surface area contributed by atoms with Crippen LogP contribution in [0.4, 0.5) is 0 Å². The van der Waals surface area contributed by atoms with Gasteiger partial charge in [-0.1, -0.05) is 30.3 Å². The van der Waals surface area contributed by atoms with Gasteiger partial charge < -0.3 is 9.84 Å². The molecule has 20 heavy (non-hydrogen) atoms. The summed E-state index contributed by atoms with van der Waals surface area (Å²) in [6.45, 7) is 0.692. The van der Waals surface area contributed by atoms with Crippen LogP contribution in [-0.2, 0) is 30.8 Å². The molecule has 0 spiro atoms. The Morgan fingerprint density at radius 3 is 2.85 bits per heavy atom. The molecule has 0 bridgehead atoms. The third-order valence-electron chi connectivity index (χ3n) is 3.88. The molecule has 0 saturated carbocycles. The van der Waals surface area contributed by atoms with Crippen molar-refractivity contribution in [3.8, 4) is 0 Å². The summed E-state index contributed by atoms with van der Waals surface area (Å²) in [6.07, 6.45) is 4.90. The highest BCUT2D eigenvalue weighted by atomic mass is 16.5. The van der Waals surface area contributed by atoms with E-state index in [9.17, 15) is 5.11 Å². The van der Waals surface area contributed by atoms with Gasteiger partial charge >= 0.3 is 0 Å². The number of fused-ring (bicyclic) bond motifs is 1. The molecule has 1 atom stereocenters. The molecule has 3 heteroatoms. The predicted molar refractivity (Wildman–Crippen MR) is 77.2 cm³/mol. The minimum absolute atomic E-state index is 0.0265. The van der Waals surface area contributed by atoms with Crippen LogP contribution in [0.2, 0.25) is 0 Å². The van der Waals surface area contributed by atoms with Crippen molar-refractivity contribution in [3.05, 3.63) is 65.0 Å². The van der Waals surface area contributed by atoms with Gasteiger partial charge in [0.1, 0.15) is 0 Å². The molecule has 1 N–H and O–H groups in total. The van der Waals surface area contributed by atoms with Crippen molar-refractivity contribution in [1.82, 2.24) is 4.98 Å². The minimum Gasteiger partial charge on any atom is -0.390 e. The van der Waals surface area contributed by atoms with Gasteiger partial charge in [0.25, 0.3) is 0 Å². The molecule has 0 amide bonds. The first kappa shape index (κ1) is 13.3. The third-order valence-corrected chi connectivity index (χ3v) is 3.88. The van der Waals surface area contributed by atoms with Crippen molar-refractivity contribution in [2.24, 2.45) is 0 Å². The monoisotopic (exact) mass is 269 g/mol. The van der Waals surface area contributed by atoms with Gasteiger partial charge in [-0.15, -0.1) is 0 Å². The van der Waals surface area contributed by atoms with Crippen LogP contribution in [0.5, 0.6) is 0 Å². The van der Waals surface area contributed by atoms with Crippen LogP contribution in [0.1, 0.15) is 28.8 Å². The highest BCUT2D eigenvalue weighted by molar-refractivity contribution is 5.32. The van der Waals surface area contributed by atoms with E-state index in [4.69, 9.17) is 4.74 Å². The van der Waals surface area contributed by atoms with Crippen molar-refractivity contribution in [1.29, 1.82) is 0 Å². The topological polar surface area (TPSA) is 42.4 Å². The Morgan fingerprint density at radius 1 is 1.20 bits per heavy atom. The fourth-order valence-corrected chi connectivity index (χ4v) is 2.80. The van der Waals surface area contributed by atoms with Crippen LogP contribution in [-0.4, -0.2) is 16.2 Å². The zero-order valence-corrected chi connectivity index (χ0v) is 11.5. The van der Waals surface area contributed by atoms with Crippen LogP contribution < -0.4 is 0 Å². The number of hydrogen-bond donors (Lipinski definition) is 1. The number of benzene rings is 1. The van der Waals surface area contributed by atoms with E-state index in [1.165, 1.54) is 16.7 Å². The SMILES string of the molecule is OCc1nccc2c1CC[C@@H](OCc1ccccc1)C2. The second kappa shape index (κ2) is 6.16. The van der Waals surface area contributed by atoms with Gasteiger partial charge in [0.15, 0.2) is 0 Å². The maximum atomic E-state index is 9.32. The summed E-state index contributed by atoms with van der Waals surface area (Å²) in [5.74, 6) is 0. The zero-order valence-electron chi connectivity index (χ0n) is 11.5. The number of pyridine rings is 1. The molecule has 2 aromatic rings. The average molecular weight is 269 g/mol. The predicted octanol–water partition coefficient (Wildman–Crippen LogP) is 2.65. The molecule has 0 aliphatic heterocycles. The Kier molecular flexibility index (Phi) is 4.09. The molecule has 3 nitrogen and oxygen atoms in total. The van der Waals surface area contributed by atoms with Crippen LogP contribution in [0.15, 0.2) is 42.6 Å². The number of aliphatic hydroxyl groups excluding tert-OH is 1. The lowest BCUT2D eigenvalue weighted by atomic mass is 9.89. The summed E-state index contributed by atoms with van der Waals surface area (Å²) < 4.78 is 6.02. The van der Waals surface area contributed by atoms with Crippen molar-refractivity contribution in [3.63, 3.8) is 0 Å². The molecule has 0 unspecified atom stereocenters. The maximum Gasteiger partial charge on any atom is 0.0855 e. The summed E-state index contributed by atoms with van der Waals surface area (Å²) in [5.41, 5.74) is 4.52. The van der Waals surface area contributed by atoms with E-state index in [0.717, 1.165) is 25.0 Å². The summed E-state index contributed by atoms with van der Waals surface area (Å²) >= 11 is 0. The summed E-state index contributed by atoms with van der Waals surface area (Å²) in [5, 5.41) is 9.32. The number of aromatic nitrogens is 1. The smallest absolute Gasteiger partial charge is 0.0855 e. The average Bonchev–Trinajstić information content (AvgIpc) is 2.53. The van der Waals surface area contributed by atoms with Gasteiger partial charge in [0.2, 0.25) is 0 Å². The van der Waals surface area contributed by atoms with Crippen LogP contribution >= 0.6 is 0 Å². The Bertz CT molecular complexity index is 568. The molecule has 104 valence electrons. The molecule has 1 aliphatic carbocycles. The lowest BCUT2D eigenvalue weighted by molar-refractivity contribution is 0.0317. The molecule has 3 rings (SSSR count). The highest BCUT2D eigenvalue weighted by Gasteiger charge is 2.21. The molecular formula is C17H19NO2. The van der Waals surface area contributed by atoms with Gasteiger partial charge in [-0.25, -0.2) is 0 Å². The van der Waals surface area contributed by atoms with Gasteiger partial charge in [-0.05, 0) is 42.0 Å². The quantitative estimate of drug-likeness (QED) is 0.928. The number of ether oxygens (including phenoxy) is 1. The van der Waals surface area contributed by atoms with E-state index in [1.54, 1.807) is 6.20 Å². The van der Waals surface area contributed by atoms with E-state index in [0.29, 0.717) is 6.61 Å². The summed E-state index contributed by atoms with van der Waals surface area (Å²) in [7, 11) is 0. The molecule has 0 saturated heterocycles. The van der Waals surface area contributed by atoms with Gasteiger partial charge in [-0.2, -0.15) is 0 Å². The molecular weight excluding hydrogens is 250 g/mol.